The molecule has 1 aromatic heterocycles. The van der Waals surface area contributed by atoms with Crippen LogP contribution in [0.1, 0.15) is 4.88 Å². The second-order valence-corrected chi connectivity index (χ2v) is 4.79. The van der Waals surface area contributed by atoms with Gasteiger partial charge >= 0.3 is 0 Å². The van der Waals surface area contributed by atoms with Crippen molar-refractivity contribution in [1.29, 1.82) is 0 Å². The first-order chi connectivity index (χ1) is 8.08. The zero-order valence-electron chi connectivity index (χ0n) is 9.28. The van der Waals surface area contributed by atoms with Gasteiger partial charge in [-0.1, -0.05) is 6.07 Å². The largest absolute Gasteiger partial charge is 0.395 e. The van der Waals surface area contributed by atoms with E-state index in [1.54, 1.807) is 23.3 Å². The van der Waals surface area contributed by atoms with Crippen molar-refractivity contribution < 1.29 is 8.78 Å². The molecule has 0 radical (unpaired) electrons. The predicted molar refractivity (Wildman–Crippen MR) is 67.2 cm³/mol. The molecule has 0 amide bonds. The molecule has 17 heavy (non-hydrogen) atoms. The van der Waals surface area contributed by atoms with Crippen LogP contribution < -0.4 is 10.6 Å². The highest BCUT2D eigenvalue weighted by molar-refractivity contribution is 7.09. The summed E-state index contributed by atoms with van der Waals surface area (Å²) in [5.74, 6) is -1.34. The van der Waals surface area contributed by atoms with Crippen molar-refractivity contribution in [1.82, 2.24) is 0 Å². The Morgan fingerprint density at radius 1 is 1.35 bits per heavy atom. The van der Waals surface area contributed by atoms with E-state index in [4.69, 9.17) is 5.73 Å². The number of thiophene rings is 1. The Balaban J connectivity index is 2.27. The Kier molecular flexibility index (Phi) is 3.28. The molecule has 0 atom stereocenters. The minimum Gasteiger partial charge on any atom is -0.395 e. The molecule has 90 valence electrons. The van der Waals surface area contributed by atoms with Crippen molar-refractivity contribution in [2.75, 3.05) is 17.7 Å². The molecule has 1 aromatic carbocycles. The predicted octanol–water partition coefficient (Wildman–Crippen LogP) is 3.24. The Morgan fingerprint density at radius 3 is 2.76 bits per heavy atom. The lowest BCUT2D eigenvalue weighted by molar-refractivity contribution is 0.585. The van der Waals surface area contributed by atoms with Crippen LogP contribution in [0.4, 0.5) is 20.2 Å². The van der Waals surface area contributed by atoms with Crippen LogP contribution in [0.3, 0.4) is 0 Å². The van der Waals surface area contributed by atoms with E-state index in [1.807, 2.05) is 17.5 Å². The quantitative estimate of drug-likeness (QED) is 0.852. The van der Waals surface area contributed by atoms with Crippen LogP contribution in [-0.2, 0) is 6.54 Å². The maximum Gasteiger partial charge on any atom is 0.151 e. The van der Waals surface area contributed by atoms with Gasteiger partial charge in [0.15, 0.2) is 5.82 Å². The molecule has 0 spiro atoms. The van der Waals surface area contributed by atoms with Gasteiger partial charge in [0.1, 0.15) is 5.82 Å². The number of benzene rings is 1. The summed E-state index contributed by atoms with van der Waals surface area (Å²) in [6, 6.07) is 5.93. The van der Waals surface area contributed by atoms with Crippen molar-refractivity contribution in [2.45, 2.75) is 6.54 Å². The van der Waals surface area contributed by atoms with Crippen molar-refractivity contribution >= 4 is 22.7 Å². The van der Waals surface area contributed by atoms with Gasteiger partial charge in [-0.2, -0.15) is 0 Å². The maximum atomic E-state index is 13.3. The molecule has 2 N–H and O–H groups in total. The van der Waals surface area contributed by atoms with Gasteiger partial charge in [0.2, 0.25) is 0 Å². The smallest absolute Gasteiger partial charge is 0.151 e. The fourth-order valence-electron chi connectivity index (χ4n) is 1.61. The van der Waals surface area contributed by atoms with E-state index < -0.39 is 11.6 Å². The normalized spacial score (nSPS) is 10.5. The van der Waals surface area contributed by atoms with Gasteiger partial charge in [0.05, 0.1) is 17.9 Å². The van der Waals surface area contributed by atoms with Crippen molar-refractivity contribution in [3.63, 3.8) is 0 Å². The lowest BCUT2D eigenvalue weighted by Gasteiger charge is -2.20. The number of hydrogen-bond donors (Lipinski definition) is 1. The number of halogens is 2. The summed E-state index contributed by atoms with van der Waals surface area (Å²) in [6.07, 6.45) is 0. The van der Waals surface area contributed by atoms with Gasteiger partial charge < -0.3 is 10.6 Å². The molecular weight excluding hydrogens is 242 g/mol. The summed E-state index contributed by atoms with van der Waals surface area (Å²) >= 11 is 1.59. The van der Waals surface area contributed by atoms with Crippen molar-refractivity contribution in [2.24, 2.45) is 0 Å². The molecule has 2 nitrogen and oxygen atoms in total. The summed E-state index contributed by atoms with van der Waals surface area (Å²) in [5, 5.41) is 1.96. The van der Waals surface area contributed by atoms with Crippen LogP contribution in [0.5, 0.6) is 0 Å². The molecule has 1 heterocycles. The minimum absolute atomic E-state index is 0.0227. The Hall–Kier alpha value is -1.62. The molecule has 0 saturated carbocycles. The van der Waals surface area contributed by atoms with E-state index in [-0.39, 0.29) is 5.69 Å². The molecule has 2 aromatic rings. The number of rotatable bonds is 3. The standard InChI is InChI=1S/C12H12F2N2S/c1-16(7-9-3-2-4-17-9)11-6-8(13)5-10(14)12(11)15/h2-6H,7,15H2,1H3. The molecule has 0 aliphatic heterocycles. The van der Waals surface area contributed by atoms with Crippen LogP contribution in [0.2, 0.25) is 0 Å². The third-order valence-corrected chi connectivity index (χ3v) is 3.32. The Bertz CT molecular complexity index is 511. The number of nitrogen functional groups attached to an aromatic ring is 1. The van der Waals surface area contributed by atoms with E-state index in [0.29, 0.717) is 12.2 Å². The molecule has 2 rings (SSSR count). The van der Waals surface area contributed by atoms with Gasteiger partial charge in [0.25, 0.3) is 0 Å². The van der Waals surface area contributed by atoms with E-state index in [0.717, 1.165) is 10.9 Å². The average Bonchev–Trinajstić information content (AvgIpc) is 2.76. The highest BCUT2D eigenvalue weighted by atomic mass is 32.1. The van der Waals surface area contributed by atoms with Crippen LogP contribution in [0.25, 0.3) is 0 Å². The summed E-state index contributed by atoms with van der Waals surface area (Å²) in [4.78, 5) is 2.84. The van der Waals surface area contributed by atoms with Crippen LogP contribution in [0.15, 0.2) is 29.6 Å². The van der Waals surface area contributed by atoms with Gasteiger partial charge in [-0.05, 0) is 17.5 Å². The molecule has 5 heteroatoms. The molecule has 0 unspecified atom stereocenters. The highest BCUT2D eigenvalue weighted by Crippen LogP contribution is 2.28. The van der Waals surface area contributed by atoms with Gasteiger partial charge in [-0.25, -0.2) is 8.78 Å². The fraction of sp³-hybridized carbons (Fsp3) is 0.167. The molecule has 0 fully saturated rings. The third kappa shape index (κ3) is 2.55. The first-order valence-corrected chi connectivity index (χ1v) is 5.94. The second-order valence-electron chi connectivity index (χ2n) is 3.76. The van der Waals surface area contributed by atoms with E-state index in [2.05, 4.69) is 0 Å². The lowest BCUT2D eigenvalue weighted by Crippen LogP contribution is -2.18. The molecule has 0 saturated heterocycles. The zero-order valence-corrected chi connectivity index (χ0v) is 10.1. The van der Waals surface area contributed by atoms with Crippen LogP contribution >= 0.6 is 11.3 Å². The van der Waals surface area contributed by atoms with E-state index in [1.165, 1.54) is 6.07 Å². The third-order valence-electron chi connectivity index (χ3n) is 2.46. The Morgan fingerprint density at radius 2 is 2.12 bits per heavy atom. The second kappa shape index (κ2) is 4.71. The average molecular weight is 254 g/mol. The van der Waals surface area contributed by atoms with Crippen molar-refractivity contribution in [3.05, 3.63) is 46.2 Å². The van der Waals surface area contributed by atoms with E-state index >= 15 is 0 Å². The summed E-state index contributed by atoms with van der Waals surface area (Å²) in [6.45, 7) is 0.574. The minimum atomic E-state index is -0.724. The van der Waals surface area contributed by atoms with Gasteiger partial charge in [-0.3, -0.25) is 0 Å². The number of anilines is 2. The van der Waals surface area contributed by atoms with Crippen LogP contribution in [-0.4, -0.2) is 7.05 Å². The monoisotopic (exact) mass is 254 g/mol. The Labute approximate surface area is 102 Å². The molecule has 0 aliphatic carbocycles. The summed E-state index contributed by atoms with van der Waals surface area (Å²) in [7, 11) is 1.75. The summed E-state index contributed by atoms with van der Waals surface area (Å²) < 4.78 is 26.4. The highest BCUT2D eigenvalue weighted by Gasteiger charge is 2.12. The first-order valence-electron chi connectivity index (χ1n) is 5.06. The molecule has 0 aliphatic rings. The van der Waals surface area contributed by atoms with Gasteiger partial charge in [-0.15, -0.1) is 11.3 Å². The number of hydrogen-bond acceptors (Lipinski definition) is 3. The topological polar surface area (TPSA) is 29.3 Å². The van der Waals surface area contributed by atoms with Crippen molar-refractivity contribution in [3.8, 4) is 0 Å². The fourth-order valence-corrected chi connectivity index (χ4v) is 2.37. The maximum absolute atomic E-state index is 13.3. The SMILES string of the molecule is CN(Cc1cccs1)c1cc(F)cc(F)c1N. The molecule has 0 bridgehead atoms. The summed E-state index contributed by atoms with van der Waals surface area (Å²) in [5.41, 5.74) is 5.95. The zero-order chi connectivity index (χ0) is 12.4. The number of nitrogens with two attached hydrogens (primary N) is 1. The van der Waals surface area contributed by atoms with E-state index in [9.17, 15) is 8.78 Å². The number of nitrogens with zero attached hydrogens (tertiary/aromatic N) is 1. The van der Waals surface area contributed by atoms with Crippen LogP contribution in [0, 0.1) is 11.6 Å². The first kappa shape index (κ1) is 11.9. The van der Waals surface area contributed by atoms with Gasteiger partial charge in [0, 0.05) is 18.0 Å². The molecular formula is C12H12F2N2S. The lowest BCUT2D eigenvalue weighted by atomic mass is 10.2.